The maximum Gasteiger partial charge on any atom is 0.174 e. The van der Waals surface area contributed by atoms with E-state index in [9.17, 15) is 4.79 Å². The normalized spacial score (nSPS) is 11.2. The molecule has 1 aromatic heterocycles. The second-order valence-electron chi connectivity index (χ2n) is 5.55. The van der Waals surface area contributed by atoms with Crippen molar-refractivity contribution in [2.45, 2.75) is 13.0 Å². The van der Waals surface area contributed by atoms with Gasteiger partial charge in [0.1, 0.15) is 0 Å². The number of carbonyl (C=O) groups is 1. The van der Waals surface area contributed by atoms with Crippen LogP contribution in [0.2, 0.25) is 0 Å². The van der Waals surface area contributed by atoms with Crippen LogP contribution in [0.5, 0.6) is 0 Å². The Morgan fingerprint density at radius 3 is 2.55 bits per heavy atom. The molecule has 0 saturated carbocycles. The SMILES string of the molecule is CN(CCC(=O)c1cc2ccccc2s1)Cc1ccccc1. The summed E-state index contributed by atoms with van der Waals surface area (Å²) in [5.41, 5.74) is 1.28. The van der Waals surface area contributed by atoms with E-state index < -0.39 is 0 Å². The van der Waals surface area contributed by atoms with E-state index in [1.54, 1.807) is 11.3 Å². The molecule has 0 amide bonds. The van der Waals surface area contributed by atoms with Crippen LogP contribution in [0.4, 0.5) is 0 Å². The number of ketones is 1. The van der Waals surface area contributed by atoms with Gasteiger partial charge in [0.25, 0.3) is 0 Å². The highest BCUT2D eigenvalue weighted by Gasteiger charge is 2.11. The Morgan fingerprint density at radius 1 is 1.05 bits per heavy atom. The summed E-state index contributed by atoms with van der Waals surface area (Å²) in [7, 11) is 2.06. The number of carbonyl (C=O) groups excluding carboxylic acids is 1. The highest BCUT2D eigenvalue weighted by Crippen LogP contribution is 2.26. The van der Waals surface area contributed by atoms with Gasteiger partial charge in [0, 0.05) is 24.2 Å². The van der Waals surface area contributed by atoms with Crippen molar-refractivity contribution in [3.05, 3.63) is 71.1 Å². The van der Waals surface area contributed by atoms with Crippen molar-refractivity contribution in [2.75, 3.05) is 13.6 Å². The zero-order valence-electron chi connectivity index (χ0n) is 12.7. The Balaban J connectivity index is 1.57. The minimum absolute atomic E-state index is 0.237. The highest BCUT2D eigenvalue weighted by molar-refractivity contribution is 7.20. The number of fused-ring (bicyclic) bond motifs is 1. The number of nitrogens with zero attached hydrogens (tertiary/aromatic N) is 1. The van der Waals surface area contributed by atoms with Gasteiger partial charge in [0.05, 0.1) is 4.88 Å². The van der Waals surface area contributed by atoms with Crippen molar-refractivity contribution in [1.29, 1.82) is 0 Å². The Labute approximate surface area is 135 Å². The summed E-state index contributed by atoms with van der Waals surface area (Å²) in [6, 6.07) is 20.5. The van der Waals surface area contributed by atoms with Gasteiger partial charge in [0.15, 0.2) is 5.78 Å². The maximum atomic E-state index is 12.4. The molecule has 0 N–H and O–H groups in total. The number of benzene rings is 2. The molecule has 0 spiro atoms. The molecule has 0 atom stereocenters. The molecule has 22 heavy (non-hydrogen) atoms. The maximum absolute atomic E-state index is 12.4. The summed E-state index contributed by atoms with van der Waals surface area (Å²) in [6.07, 6.45) is 0.566. The summed E-state index contributed by atoms with van der Waals surface area (Å²) >= 11 is 1.59. The van der Waals surface area contributed by atoms with Crippen LogP contribution < -0.4 is 0 Å². The minimum Gasteiger partial charge on any atom is -0.302 e. The van der Waals surface area contributed by atoms with Crippen LogP contribution >= 0.6 is 11.3 Å². The molecule has 0 aliphatic rings. The molecular weight excluding hydrogens is 290 g/mol. The number of hydrogen-bond acceptors (Lipinski definition) is 3. The van der Waals surface area contributed by atoms with Crippen molar-refractivity contribution < 1.29 is 4.79 Å². The molecule has 2 nitrogen and oxygen atoms in total. The summed E-state index contributed by atoms with van der Waals surface area (Å²) in [5, 5.41) is 1.16. The summed E-state index contributed by atoms with van der Waals surface area (Å²) in [6.45, 7) is 1.66. The van der Waals surface area contributed by atoms with Crippen molar-refractivity contribution in [3.8, 4) is 0 Å². The lowest BCUT2D eigenvalue weighted by Gasteiger charge is -2.15. The van der Waals surface area contributed by atoms with Gasteiger partial charge in [-0.25, -0.2) is 0 Å². The third kappa shape index (κ3) is 3.62. The lowest BCUT2D eigenvalue weighted by atomic mass is 10.2. The Kier molecular flexibility index (Phi) is 4.66. The number of rotatable bonds is 6. The van der Waals surface area contributed by atoms with Crippen LogP contribution in [0, 0.1) is 0 Å². The first-order valence-corrected chi connectivity index (χ1v) is 8.28. The molecule has 0 aliphatic carbocycles. The summed E-state index contributed by atoms with van der Waals surface area (Å²) in [5.74, 6) is 0.237. The lowest BCUT2D eigenvalue weighted by molar-refractivity contribution is 0.0972. The first-order valence-electron chi connectivity index (χ1n) is 7.46. The zero-order chi connectivity index (χ0) is 15.4. The van der Waals surface area contributed by atoms with E-state index in [2.05, 4.69) is 36.2 Å². The van der Waals surface area contributed by atoms with Crippen molar-refractivity contribution in [3.63, 3.8) is 0 Å². The topological polar surface area (TPSA) is 20.3 Å². The molecule has 3 heteroatoms. The highest BCUT2D eigenvalue weighted by atomic mass is 32.1. The van der Waals surface area contributed by atoms with E-state index in [4.69, 9.17) is 0 Å². The van der Waals surface area contributed by atoms with E-state index in [-0.39, 0.29) is 5.78 Å². The van der Waals surface area contributed by atoms with Gasteiger partial charge in [-0.05, 0) is 30.1 Å². The van der Waals surface area contributed by atoms with Crippen LogP contribution in [-0.4, -0.2) is 24.3 Å². The molecule has 0 unspecified atom stereocenters. The first-order chi connectivity index (χ1) is 10.7. The Morgan fingerprint density at radius 2 is 1.77 bits per heavy atom. The molecule has 2 aromatic carbocycles. The first kappa shape index (κ1) is 14.9. The van der Waals surface area contributed by atoms with Crippen LogP contribution in [0.3, 0.4) is 0 Å². The van der Waals surface area contributed by atoms with Crippen LogP contribution in [0.25, 0.3) is 10.1 Å². The van der Waals surface area contributed by atoms with Gasteiger partial charge >= 0.3 is 0 Å². The van der Waals surface area contributed by atoms with E-state index in [1.807, 2.05) is 36.4 Å². The molecule has 1 heterocycles. The van der Waals surface area contributed by atoms with Crippen LogP contribution in [0.1, 0.15) is 21.7 Å². The van der Waals surface area contributed by atoms with Gasteiger partial charge in [-0.2, -0.15) is 0 Å². The predicted molar refractivity (Wildman–Crippen MR) is 93.5 cm³/mol. The number of hydrogen-bond donors (Lipinski definition) is 0. The van der Waals surface area contributed by atoms with E-state index in [0.29, 0.717) is 6.42 Å². The van der Waals surface area contributed by atoms with Gasteiger partial charge < -0.3 is 4.90 Å². The van der Waals surface area contributed by atoms with Gasteiger partial charge in [-0.1, -0.05) is 48.5 Å². The average molecular weight is 309 g/mol. The molecule has 3 aromatic rings. The minimum atomic E-state index is 0.237. The number of thiophene rings is 1. The molecular formula is C19H19NOS. The van der Waals surface area contributed by atoms with Crippen molar-refractivity contribution in [1.82, 2.24) is 4.90 Å². The molecule has 0 aliphatic heterocycles. The second kappa shape index (κ2) is 6.86. The van der Waals surface area contributed by atoms with Crippen molar-refractivity contribution >= 4 is 27.2 Å². The van der Waals surface area contributed by atoms with Crippen molar-refractivity contribution in [2.24, 2.45) is 0 Å². The standard InChI is InChI=1S/C19H19NOS/c1-20(14-15-7-3-2-4-8-15)12-11-17(21)19-13-16-9-5-6-10-18(16)22-19/h2-10,13H,11-12,14H2,1H3. The fraction of sp³-hybridized carbons (Fsp3) is 0.211. The fourth-order valence-corrected chi connectivity index (χ4v) is 3.54. The van der Waals surface area contributed by atoms with E-state index in [1.165, 1.54) is 10.3 Å². The lowest BCUT2D eigenvalue weighted by Crippen LogP contribution is -2.21. The fourth-order valence-electron chi connectivity index (χ4n) is 2.51. The quantitative estimate of drug-likeness (QED) is 0.620. The molecule has 0 radical (unpaired) electrons. The summed E-state index contributed by atoms with van der Waals surface area (Å²) in [4.78, 5) is 15.4. The van der Waals surface area contributed by atoms with Gasteiger partial charge in [-0.3, -0.25) is 4.79 Å². The van der Waals surface area contributed by atoms with E-state index >= 15 is 0 Å². The van der Waals surface area contributed by atoms with Gasteiger partial charge in [-0.15, -0.1) is 11.3 Å². The largest absolute Gasteiger partial charge is 0.302 e. The van der Waals surface area contributed by atoms with Crippen LogP contribution in [-0.2, 0) is 6.54 Å². The monoisotopic (exact) mass is 309 g/mol. The third-order valence-corrected chi connectivity index (χ3v) is 4.87. The second-order valence-corrected chi connectivity index (χ2v) is 6.63. The van der Waals surface area contributed by atoms with Gasteiger partial charge in [0.2, 0.25) is 0 Å². The Hall–Kier alpha value is -1.97. The Bertz CT molecular complexity index is 730. The molecule has 0 fully saturated rings. The predicted octanol–water partition coefficient (Wildman–Crippen LogP) is 4.61. The zero-order valence-corrected chi connectivity index (χ0v) is 13.5. The molecule has 112 valence electrons. The molecule has 0 saturated heterocycles. The smallest absolute Gasteiger partial charge is 0.174 e. The molecule has 0 bridgehead atoms. The average Bonchev–Trinajstić information content (AvgIpc) is 2.98. The third-order valence-electron chi connectivity index (χ3n) is 3.72. The molecule has 3 rings (SSSR count). The van der Waals surface area contributed by atoms with Crippen LogP contribution in [0.15, 0.2) is 60.7 Å². The summed E-state index contributed by atoms with van der Waals surface area (Å²) < 4.78 is 1.18. The number of Topliss-reactive ketones (excluding diaryl/α,β-unsaturated/α-hetero) is 1. The van der Waals surface area contributed by atoms with E-state index in [0.717, 1.165) is 23.4 Å².